The quantitative estimate of drug-likeness (QED) is 0.680. The predicted molar refractivity (Wildman–Crippen MR) is 108 cm³/mol. The Bertz CT molecular complexity index is 729. The Morgan fingerprint density at radius 3 is 2.19 bits per heavy atom. The number of hydrogen-bond donors (Lipinski definition) is 0. The first-order valence-electron chi connectivity index (χ1n) is 9.29. The maximum absolute atomic E-state index is 12.6. The summed E-state index contributed by atoms with van der Waals surface area (Å²) in [5.74, 6) is 0.826. The van der Waals surface area contributed by atoms with Gasteiger partial charge in [-0.05, 0) is 43.2 Å². The SMILES string of the molecule is CCN(C(=O)CCN(CCc1ccc(OC)cc1)C(C)=O)c1ccccc1. The van der Waals surface area contributed by atoms with Crippen molar-refractivity contribution in [3.63, 3.8) is 0 Å². The smallest absolute Gasteiger partial charge is 0.228 e. The fourth-order valence-corrected chi connectivity index (χ4v) is 2.96. The number of anilines is 1. The van der Waals surface area contributed by atoms with Gasteiger partial charge in [-0.15, -0.1) is 0 Å². The highest BCUT2D eigenvalue weighted by molar-refractivity contribution is 5.93. The van der Waals surface area contributed by atoms with E-state index in [0.29, 0.717) is 26.1 Å². The molecule has 0 atom stereocenters. The first kappa shape index (κ1) is 20.5. The number of rotatable bonds is 9. The van der Waals surface area contributed by atoms with Crippen LogP contribution in [0.2, 0.25) is 0 Å². The van der Waals surface area contributed by atoms with Crippen LogP contribution in [0, 0.1) is 0 Å². The van der Waals surface area contributed by atoms with Crippen molar-refractivity contribution in [2.75, 3.05) is 31.6 Å². The number of methoxy groups -OCH3 is 1. The van der Waals surface area contributed by atoms with E-state index in [2.05, 4.69) is 0 Å². The molecule has 2 rings (SSSR count). The summed E-state index contributed by atoms with van der Waals surface area (Å²) in [5.41, 5.74) is 2.02. The summed E-state index contributed by atoms with van der Waals surface area (Å²) >= 11 is 0. The van der Waals surface area contributed by atoms with Crippen LogP contribution in [0.25, 0.3) is 0 Å². The Hall–Kier alpha value is -2.82. The van der Waals surface area contributed by atoms with Gasteiger partial charge < -0.3 is 14.5 Å². The molecule has 5 heteroatoms. The monoisotopic (exact) mass is 368 g/mol. The maximum Gasteiger partial charge on any atom is 0.228 e. The number of benzene rings is 2. The normalized spacial score (nSPS) is 10.3. The van der Waals surface area contributed by atoms with Gasteiger partial charge in [0.05, 0.1) is 7.11 Å². The van der Waals surface area contributed by atoms with Gasteiger partial charge in [-0.1, -0.05) is 30.3 Å². The van der Waals surface area contributed by atoms with E-state index in [-0.39, 0.29) is 11.8 Å². The molecule has 0 N–H and O–H groups in total. The topological polar surface area (TPSA) is 49.9 Å². The summed E-state index contributed by atoms with van der Waals surface area (Å²) in [6.45, 7) is 5.12. The molecule has 0 saturated heterocycles. The van der Waals surface area contributed by atoms with Gasteiger partial charge >= 0.3 is 0 Å². The minimum Gasteiger partial charge on any atom is -0.497 e. The van der Waals surface area contributed by atoms with Crippen molar-refractivity contribution in [3.8, 4) is 5.75 Å². The third kappa shape index (κ3) is 6.13. The van der Waals surface area contributed by atoms with Crippen molar-refractivity contribution in [1.29, 1.82) is 0 Å². The molecule has 0 spiro atoms. The van der Waals surface area contributed by atoms with Crippen molar-refractivity contribution in [2.24, 2.45) is 0 Å². The van der Waals surface area contributed by atoms with Crippen molar-refractivity contribution in [1.82, 2.24) is 4.90 Å². The largest absolute Gasteiger partial charge is 0.497 e. The summed E-state index contributed by atoms with van der Waals surface area (Å²) < 4.78 is 5.16. The molecule has 0 bridgehead atoms. The number of carbonyl (C=O) groups is 2. The summed E-state index contributed by atoms with van der Waals surface area (Å²) in [5, 5.41) is 0. The first-order valence-corrected chi connectivity index (χ1v) is 9.29. The van der Waals surface area contributed by atoms with E-state index in [9.17, 15) is 9.59 Å². The molecule has 2 aromatic rings. The minimum absolute atomic E-state index is 0.0147. The zero-order valence-electron chi connectivity index (χ0n) is 16.4. The molecule has 0 heterocycles. The van der Waals surface area contributed by atoms with Crippen molar-refractivity contribution in [3.05, 3.63) is 60.2 Å². The first-order chi connectivity index (χ1) is 13.0. The van der Waals surface area contributed by atoms with Gasteiger partial charge in [0.1, 0.15) is 5.75 Å². The average Bonchev–Trinajstić information content (AvgIpc) is 2.69. The van der Waals surface area contributed by atoms with E-state index < -0.39 is 0 Å². The third-order valence-corrected chi connectivity index (χ3v) is 4.56. The van der Waals surface area contributed by atoms with Crippen LogP contribution < -0.4 is 9.64 Å². The Morgan fingerprint density at radius 1 is 0.963 bits per heavy atom. The summed E-state index contributed by atoms with van der Waals surface area (Å²) in [6.07, 6.45) is 1.05. The fourth-order valence-electron chi connectivity index (χ4n) is 2.96. The van der Waals surface area contributed by atoms with Crippen LogP contribution in [-0.2, 0) is 16.0 Å². The zero-order valence-corrected chi connectivity index (χ0v) is 16.4. The Kier molecular flexibility index (Phi) is 7.86. The Morgan fingerprint density at radius 2 is 1.63 bits per heavy atom. The highest BCUT2D eigenvalue weighted by atomic mass is 16.5. The fraction of sp³-hybridized carbons (Fsp3) is 0.364. The molecular formula is C22H28N2O3. The molecule has 5 nitrogen and oxygen atoms in total. The van der Waals surface area contributed by atoms with Crippen LogP contribution in [0.3, 0.4) is 0 Å². The number of ether oxygens (including phenoxy) is 1. The van der Waals surface area contributed by atoms with E-state index in [1.54, 1.807) is 23.8 Å². The van der Waals surface area contributed by atoms with Crippen molar-refractivity contribution >= 4 is 17.5 Å². The lowest BCUT2D eigenvalue weighted by molar-refractivity contribution is -0.129. The standard InChI is InChI=1S/C22H28N2O3/c1-4-24(20-8-6-5-7-9-20)22(26)15-17-23(18(2)25)16-14-19-10-12-21(27-3)13-11-19/h5-13H,4,14-17H2,1-3H3. The summed E-state index contributed by atoms with van der Waals surface area (Å²) in [7, 11) is 1.64. The molecule has 0 aromatic heterocycles. The summed E-state index contributed by atoms with van der Waals surface area (Å²) in [6, 6.07) is 17.4. The predicted octanol–water partition coefficient (Wildman–Crippen LogP) is 3.53. The second kappa shape index (κ2) is 10.4. The Balaban J connectivity index is 1.91. The Labute approximate surface area is 161 Å². The van der Waals surface area contributed by atoms with E-state index in [4.69, 9.17) is 4.74 Å². The van der Waals surface area contributed by atoms with Crippen LogP contribution >= 0.6 is 0 Å². The number of amides is 2. The van der Waals surface area contributed by atoms with Crippen LogP contribution in [0.4, 0.5) is 5.69 Å². The molecule has 0 fully saturated rings. The van der Waals surface area contributed by atoms with Crippen molar-refractivity contribution in [2.45, 2.75) is 26.7 Å². The van der Waals surface area contributed by atoms with Crippen LogP contribution in [-0.4, -0.2) is 43.5 Å². The number of nitrogens with zero attached hydrogens (tertiary/aromatic N) is 2. The van der Waals surface area contributed by atoms with Crippen LogP contribution in [0.1, 0.15) is 25.8 Å². The second-order valence-corrected chi connectivity index (χ2v) is 6.33. The maximum atomic E-state index is 12.6. The van der Waals surface area contributed by atoms with Crippen LogP contribution in [0.5, 0.6) is 5.75 Å². The molecule has 2 aromatic carbocycles. The van der Waals surface area contributed by atoms with Gasteiger partial charge in [0.25, 0.3) is 0 Å². The molecule has 27 heavy (non-hydrogen) atoms. The van der Waals surface area contributed by atoms with E-state index >= 15 is 0 Å². The average molecular weight is 368 g/mol. The molecule has 0 unspecified atom stereocenters. The van der Waals surface area contributed by atoms with Gasteiger partial charge in [0.2, 0.25) is 11.8 Å². The van der Waals surface area contributed by atoms with Gasteiger partial charge in [-0.3, -0.25) is 9.59 Å². The molecule has 0 aliphatic rings. The minimum atomic E-state index is -0.0147. The lowest BCUT2D eigenvalue weighted by Gasteiger charge is -2.24. The highest BCUT2D eigenvalue weighted by Crippen LogP contribution is 2.15. The zero-order chi connectivity index (χ0) is 19.6. The molecule has 0 aliphatic heterocycles. The van der Waals surface area contributed by atoms with E-state index in [0.717, 1.165) is 23.4 Å². The number of hydrogen-bond acceptors (Lipinski definition) is 3. The van der Waals surface area contributed by atoms with E-state index in [1.165, 1.54) is 0 Å². The second-order valence-electron chi connectivity index (χ2n) is 6.33. The van der Waals surface area contributed by atoms with E-state index in [1.807, 2.05) is 61.5 Å². The summed E-state index contributed by atoms with van der Waals surface area (Å²) in [4.78, 5) is 28.1. The van der Waals surface area contributed by atoms with Gasteiger partial charge in [-0.2, -0.15) is 0 Å². The molecule has 0 aliphatic carbocycles. The number of carbonyl (C=O) groups excluding carboxylic acids is 2. The lowest BCUT2D eigenvalue weighted by atomic mass is 10.1. The van der Waals surface area contributed by atoms with Gasteiger partial charge in [0, 0.05) is 38.7 Å². The molecular weight excluding hydrogens is 340 g/mol. The molecule has 144 valence electrons. The highest BCUT2D eigenvalue weighted by Gasteiger charge is 2.16. The lowest BCUT2D eigenvalue weighted by Crippen LogP contribution is -2.37. The van der Waals surface area contributed by atoms with Crippen molar-refractivity contribution < 1.29 is 14.3 Å². The molecule has 2 amide bonds. The molecule has 0 saturated carbocycles. The number of para-hydroxylation sites is 1. The molecule has 0 radical (unpaired) electrons. The van der Waals surface area contributed by atoms with Crippen LogP contribution in [0.15, 0.2) is 54.6 Å². The van der Waals surface area contributed by atoms with Gasteiger partial charge in [0.15, 0.2) is 0 Å². The third-order valence-electron chi connectivity index (χ3n) is 4.56. The van der Waals surface area contributed by atoms with Gasteiger partial charge in [-0.25, -0.2) is 0 Å².